The van der Waals surface area contributed by atoms with Crippen molar-refractivity contribution >= 4 is 0 Å². The number of nitrogens with one attached hydrogen (secondary N) is 1. The van der Waals surface area contributed by atoms with Crippen LogP contribution in [0.3, 0.4) is 0 Å². The first-order valence-corrected chi connectivity index (χ1v) is 4.09. The highest BCUT2D eigenvalue weighted by Crippen LogP contribution is 2.18. The Morgan fingerprint density at radius 1 is 1.42 bits per heavy atom. The molecular formula is C10H14FN. The van der Waals surface area contributed by atoms with Crippen molar-refractivity contribution in [1.82, 2.24) is 5.32 Å². The summed E-state index contributed by atoms with van der Waals surface area (Å²) in [5.74, 6) is -0.0978. The molecule has 1 aromatic carbocycles. The Morgan fingerprint density at radius 2 is 2.08 bits per heavy atom. The molecule has 0 aliphatic carbocycles. The second-order valence-corrected chi connectivity index (χ2v) is 2.99. The molecule has 0 fully saturated rings. The lowest BCUT2D eigenvalue weighted by Crippen LogP contribution is -2.14. The second-order valence-electron chi connectivity index (χ2n) is 2.99. The van der Waals surface area contributed by atoms with Crippen molar-refractivity contribution in [2.24, 2.45) is 0 Å². The van der Waals surface area contributed by atoms with Gasteiger partial charge in [-0.05, 0) is 26.5 Å². The van der Waals surface area contributed by atoms with Gasteiger partial charge in [-0.25, -0.2) is 4.39 Å². The van der Waals surface area contributed by atoms with Gasteiger partial charge in [-0.1, -0.05) is 18.2 Å². The molecule has 0 aliphatic heterocycles. The molecule has 1 N–H and O–H groups in total. The summed E-state index contributed by atoms with van der Waals surface area (Å²) in [7, 11) is 1.83. The van der Waals surface area contributed by atoms with Gasteiger partial charge in [0.1, 0.15) is 5.82 Å². The predicted octanol–water partition coefficient (Wildman–Crippen LogP) is 2.41. The average molecular weight is 167 g/mol. The number of halogens is 1. The van der Waals surface area contributed by atoms with Crippen LogP contribution >= 0.6 is 0 Å². The third-order valence-electron chi connectivity index (χ3n) is 2.12. The van der Waals surface area contributed by atoms with E-state index < -0.39 is 0 Å². The molecule has 0 amide bonds. The Kier molecular flexibility index (Phi) is 2.82. The van der Waals surface area contributed by atoms with Crippen LogP contribution < -0.4 is 5.32 Å². The van der Waals surface area contributed by atoms with Gasteiger partial charge in [0.05, 0.1) is 0 Å². The van der Waals surface area contributed by atoms with Crippen LogP contribution in [0.1, 0.15) is 24.1 Å². The quantitative estimate of drug-likeness (QED) is 0.713. The number of hydrogen-bond donors (Lipinski definition) is 1. The summed E-state index contributed by atoms with van der Waals surface area (Å²) in [6.07, 6.45) is 0. The summed E-state index contributed by atoms with van der Waals surface area (Å²) in [5, 5.41) is 3.01. The van der Waals surface area contributed by atoms with Gasteiger partial charge in [-0.3, -0.25) is 0 Å². The van der Waals surface area contributed by atoms with E-state index in [1.165, 1.54) is 0 Å². The number of benzene rings is 1. The minimum atomic E-state index is -0.0978. The minimum absolute atomic E-state index is 0.0740. The van der Waals surface area contributed by atoms with E-state index in [4.69, 9.17) is 0 Å². The monoisotopic (exact) mass is 167 g/mol. The predicted molar refractivity (Wildman–Crippen MR) is 48.6 cm³/mol. The van der Waals surface area contributed by atoms with E-state index in [0.717, 1.165) is 5.56 Å². The Hall–Kier alpha value is -0.890. The highest BCUT2D eigenvalue weighted by Gasteiger charge is 2.09. The molecule has 1 aromatic rings. The molecule has 0 bridgehead atoms. The molecule has 0 saturated heterocycles. The maximum absolute atomic E-state index is 13.4. The highest BCUT2D eigenvalue weighted by molar-refractivity contribution is 5.26. The fraction of sp³-hybridized carbons (Fsp3) is 0.400. The van der Waals surface area contributed by atoms with Crippen molar-refractivity contribution in [3.63, 3.8) is 0 Å². The van der Waals surface area contributed by atoms with Gasteiger partial charge in [0.15, 0.2) is 0 Å². The number of aryl methyl sites for hydroxylation is 1. The van der Waals surface area contributed by atoms with Crippen LogP contribution in [0.4, 0.5) is 4.39 Å². The molecule has 66 valence electrons. The highest BCUT2D eigenvalue weighted by atomic mass is 19.1. The maximum Gasteiger partial charge on any atom is 0.130 e. The lowest BCUT2D eigenvalue weighted by molar-refractivity contribution is 0.556. The second kappa shape index (κ2) is 3.68. The van der Waals surface area contributed by atoms with Gasteiger partial charge in [-0.2, -0.15) is 0 Å². The summed E-state index contributed by atoms with van der Waals surface area (Å²) in [4.78, 5) is 0. The van der Waals surface area contributed by atoms with Crippen molar-refractivity contribution in [1.29, 1.82) is 0 Å². The third-order valence-corrected chi connectivity index (χ3v) is 2.12. The lowest BCUT2D eigenvalue weighted by atomic mass is 10.1. The van der Waals surface area contributed by atoms with E-state index in [1.807, 2.05) is 26.1 Å². The molecule has 0 aliphatic rings. The summed E-state index contributed by atoms with van der Waals surface area (Å²) in [6, 6.07) is 5.54. The van der Waals surface area contributed by atoms with Crippen molar-refractivity contribution in [2.45, 2.75) is 19.9 Å². The van der Waals surface area contributed by atoms with Crippen LogP contribution in [0.25, 0.3) is 0 Å². The van der Waals surface area contributed by atoms with E-state index >= 15 is 0 Å². The van der Waals surface area contributed by atoms with Gasteiger partial charge < -0.3 is 5.32 Å². The smallest absolute Gasteiger partial charge is 0.130 e. The molecule has 0 radical (unpaired) electrons. The van der Waals surface area contributed by atoms with Crippen molar-refractivity contribution < 1.29 is 4.39 Å². The minimum Gasteiger partial charge on any atom is -0.313 e. The van der Waals surface area contributed by atoms with Crippen LogP contribution in [-0.4, -0.2) is 7.05 Å². The van der Waals surface area contributed by atoms with Gasteiger partial charge in [-0.15, -0.1) is 0 Å². The molecule has 12 heavy (non-hydrogen) atoms. The Morgan fingerprint density at radius 3 is 2.67 bits per heavy atom. The summed E-state index contributed by atoms with van der Waals surface area (Å²) >= 11 is 0. The molecule has 1 nitrogen and oxygen atoms in total. The molecule has 0 heterocycles. The third kappa shape index (κ3) is 1.64. The van der Waals surface area contributed by atoms with Gasteiger partial charge in [0.25, 0.3) is 0 Å². The first kappa shape index (κ1) is 9.20. The number of rotatable bonds is 2. The molecule has 1 atom stereocenters. The Balaban J connectivity index is 3.07. The van der Waals surface area contributed by atoms with Crippen LogP contribution in [0.2, 0.25) is 0 Å². The summed E-state index contributed by atoms with van der Waals surface area (Å²) in [5.41, 5.74) is 1.44. The molecule has 0 spiro atoms. The van der Waals surface area contributed by atoms with Gasteiger partial charge in [0.2, 0.25) is 0 Å². The molecule has 0 unspecified atom stereocenters. The molecular weight excluding hydrogens is 153 g/mol. The van der Waals surface area contributed by atoms with Crippen LogP contribution in [0.15, 0.2) is 18.2 Å². The van der Waals surface area contributed by atoms with E-state index in [0.29, 0.717) is 5.56 Å². The molecule has 0 saturated carbocycles. The van der Waals surface area contributed by atoms with E-state index in [2.05, 4.69) is 5.32 Å². The first-order valence-electron chi connectivity index (χ1n) is 4.09. The first-order chi connectivity index (χ1) is 5.66. The zero-order valence-corrected chi connectivity index (χ0v) is 7.69. The van der Waals surface area contributed by atoms with Crippen molar-refractivity contribution in [3.05, 3.63) is 35.1 Å². The Labute approximate surface area is 72.6 Å². The summed E-state index contributed by atoms with van der Waals surface area (Å²) in [6.45, 7) is 3.72. The van der Waals surface area contributed by atoms with Crippen molar-refractivity contribution in [2.75, 3.05) is 7.05 Å². The van der Waals surface area contributed by atoms with Crippen LogP contribution in [0, 0.1) is 12.7 Å². The van der Waals surface area contributed by atoms with E-state index in [-0.39, 0.29) is 11.9 Å². The van der Waals surface area contributed by atoms with Gasteiger partial charge >= 0.3 is 0 Å². The van der Waals surface area contributed by atoms with Crippen LogP contribution in [0.5, 0.6) is 0 Å². The van der Waals surface area contributed by atoms with Crippen LogP contribution in [-0.2, 0) is 0 Å². The zero-order valence-electron chi connectivity index (χ0n) is 7.69. The molecule has 0 aromatic heterocycles. The standard InChI is InChI=1S/C10H14FN/c1-7-5-4-6-9(10(7)11)8(2)12-3/h4-6,8,12H,1-3H3/t8-/m1/s1. The van der Waals surface area contributed by atoms with E-state index in [1.54, 1.807) is 13.0 Å². The van der Waals surface area contributed by atoms with E-state index in [9.17, 15) is 4.39 Å². The topological polar surface area (TPSA) is 12.0 Å². The normalized spacial score (nSPS) is 13.0. The number of hydrogen-bond acceptors (Lipinski definition) is 1. The van der Waals surface area contributed by atoms with Gasteiger partial charge in [0, 0.05) is 11.6 Å². The fourth-order valence-electron chi connectivity index (χ4n) is 1.16. The molecule has 2 heteroatoms. The zero-order chi connectivity index (χ0) is 9.14. The fourth-order valence-corrected chi connectivity index (χ4v) is 1.16. The average Bonchev–Trinajstić information content (AvgIpc) is 2.08. The molecule has 1 rings (SSSR count). The Bertz CT molecular complexity index is 271. The lowest BCUT2D eigenvalue weighted by Gasteiger charge is -2.12. The maximum atomic E-state index is 13.4. The largest absolute Gasteiger partial charge is 0.313 e. The SMILES string of the molecule is CN[C@H](C)c1cccc(C)c1F. The van der Waals surface area contributed by atoms with Crippen molar-refractivity contribution in [3.8, 4) is 0 Å². The summed E-state index contributed by atoms with van der Waals surface area (Å²) < 4.78 is 13.4.